The summed E-state index contributed by atoms with van der Waals surface area (Å²) >= 11 is 17.7. The molecule has 3 nitrogen and oxygen atoms in total. The number of hydrogen-bond acceptors (Lipinski definition) is 2. The summed E-state index contributed by atoms with van der Waals surface area (Å²) in [6, 6.07) is 4.73. The first kappa shape index (κ1) is 13.9. The molecule has 1 aliphatic rings. The predicted octanol–water partition coefficient (Wildman–Crippen LogP) is 3.07. The van der Waals surface area contributed by atoms with Crippen molar-refractivity contribution in [2.24, 2.45) is 0 Å². The van der Waals surface area contributed by atoms with Crippen LogP contribution in [0.4, 0.5) is 0 Å². The third kappa shape index (κ3) is 2.91. The molecule has 0 aliphatic carbocycles. The summed E-state index contributed by atoms with van der Waals surface area (Å²) in [7, 11) is 0. The topological polar surface area (TPSA) is 29.5 Å². The van der Waals surface area contributed by atoms with Gasteiger partial charge in [0.1, 0.15) is 0 Å². The molecule has 1 amide bonds. The highest BCUT2D eigenvalue weighted by molar-refractivity contribution is 6.36. The van der Waals surface area contributed by atoms with Gasteiger partial charge in [0, 0.05) is 17.4 Å². The van der Waals surface area contributed by atoms with E-state index in [1.165, 1.54) is 0 Å². The van der Waals surface area contributed by atoms with Crippen LogP contribution in [0.25, 0.3) is 0 Å². The molecular weight excluding hydrogens is 296 g/mol. The Morgan fingerprint density at radius 2 is 2.22 bits per heavy atom. The molecule has 6 heteroatoms. The Morgan fingerprint density at radius 3 is 2.89 bits per heavy atom. The van der Waals surface area contributed by atoms with Gasteiger partial charge in [0.05, 0.1) is 29.8 Å². The number of carbonyl (C=O) groups excluding carboxylic acids is 1. The van der Waals surface area contributed by atoms with Crippen LogP contribution in [0, 0.1) is 0 Å². The molecule has 0 aromatic heterocycles. The second-order valence-electron chi connectivity index (χ2n) is 4.01. The molecule has 1 fully saturated rings. The van der Waals surface area contributed by atoms with E-state index in [-0.39, 0.29) is 11.9 Å². The third-order valence-electron chi connectivity index (χ3n) is 2.83. The molecule has 1 aliphatic heterocycles. The minimum Gasteiger partial charge on any atom is -0.377 e. The van der Waals surface area contributed by atoms with Crippen molar-refractivity contribution in [1.29, 1.82) is 0 Å². The maximum Gasteiger partial charge on any atom is 0.255 e. The minimum atomic E-state index is -0.134. The van der Waals surface area contributed by atoms with Gasteiger partial charge in [-0.3, -0.25) is 4.79 Å². The number of nitrogens with zero attached hydrogens (tertiary/aromatic N) is 1. The van der Waals surface area contributed by atoms with Crippen LogP contribution in [-0.2, 0) is 4.74 Å². The molecule has 18 heavy (non-hydrogen) atoms. The van der Waals surface area contributed by atoms with Gasteiger partial charge in [0.25, 0.3) is 5.91 Å². The standard InChI is InChI=1S/C12H12Cl3NO2/c13-6-9-7-18-4-3-16(9)12(17)10-2-1-8(14)5-11(10)15/h1-2,5,9H,3-4,6-7H2. The van der Waals surface area contributed by atoms with Gasteiger partial charge in [-0.2, -0.15) is 0 Å². The first-order valence-corrected chi connectivity index (χ1v) is 6.82. The van der Waals surface area contributed by atoms with E-state index in [4.69, 9.17) is 39.5 Å². The van der Waals surface area contributed by atoms with Crippen LogP contribution in [0.1, 0.15) is 10.4 Å². The zero-order valence-corrected chi connectivity index (χ0v) is 11.8. The minimum absolute atomic E-state index is 0.111. The number of alkyl halides is 1. The highest BCUT2D eigenvalue weighted by atomic mass is 35.5. The second kappa shape index (κ2) is 6.11. The SMILES string of the molecule is O=C(c1ccc(Cl)cc1Cl)N1CCOCC1CCl. The molecule has 1 saturated heterocycles. The maximum absolute atomic E-state index is 12.4. The van der Waals surface area contributed by atoms with Crippen LogP contribution in [0.15, 0.2) is 18.2 Å². The molecule has 0 spiro atoms. The van der Waals surface area contributed by atoms with Gasteiger partial charge in [0.15, 0.2) is 0 Å². The zero-order valence-electron chi connectivity index (χ0n) is 9.54. The van der Waals surface area contributed by atoms with Crippen LogP contribution in [0.5, 0.6) is 0 Å². The molecule has 1 aromatic rings. The second-order valence-corrected chi connectivity index (χ2v) is 5.16. The van der Waals surface area contributed by atoms with E-state index < -0.39 is 0 Å². The van der Waals surface area contributed by atoms with Crippen LogP contribution in [-0.4, -0.2) is 42.5 Å². The fraction of sp³-hybridized carbons (Fsp3) is 0.417. The molecule has 1 aromatic carbocycles. The van der Waals surface area contributed by atoms with Gasteiger partial charge in [0.2, 0.25) is 0 Å². The van der Waals surface area contributed by atoms with Crippen LogP contribution >= 0.6 is 34.8 Å². The summed E-state index contributed by atoms with van der Waals surface area (Å²) in [6.45, 7) is 1.50. The molecule has 1 heterocycles. The monoisotopic (exact) mass is 307 g/mol. The summed E-state index contributed by atoms with van der Waals surface area (Å²) in [5, 5.41) is 0.861. The maximum atomic E-state index is 12.4. The summed E-state index contributed by atoms with van der Waals surface area (Å²) in [5.41, 5.74) is 0.443. The van der Waals surface area contributed by atoms with Crippen molar-refractivity contribution in [1.82, 2.24) is 4.90 Å². The number of rotatable bonds is 2. The largest absolute Gasteiger partial charge is 0.377 e. The molecular formula is C12H12Cl3NO2. The fourth-order valence-corrected chi connectivity index (χ4v) is 2.61. The van der Waals surface area contributed by atoms with Gasteiger partial charge in [-0.05, 0) is 18.2 Å². The molecule has 0 saturated carbocycles. The lowest BCUT2D eigenvalue weighted by molar-refractivity contribution is 0.00457. The zero-order chi connectivity index (χ0) is 13.1. The summed E-state index contributed by atoms with van der Waals surface area (Å²) in [6.07, 6.45) is 0. The Balaban J connectivity index is 2.24. The lowest BCUT2D eigenvalue weighted by Crippen LogP contribution is -2.49. The van der Waals surface area contributed by atoms with Crippen molar-refractivity contribution >= 4 is 40.7 Å². The number of amides is 1. The van der Waals surface area contributed by atoms with Crippen molar-refractivity contribution in [3.63, 3.8) is 0 Å². The number of ether oxygens (including phenoxy) is 1. The fourth-order valence-electron chi connectivity index (χ4n) is 1.87. The molecule has 0 radical (unpaired) electrons. The average molecular weight is 309 g/mol. The molecule has 1 unspecified atom stereocenters. The summed E-state index contributed by atoms with van der Waals surface area (Å²) < 4.78 is 5.31. The van der Waals surface area contributed by atoms with Crippen LogP contribution in [0.3, 0.4) is 0 Å². The lowest BCUT2D eigenvalue weighted by Gasteiger charge is -2.34. The van der Waals surface area contributed by atoms with E-state index in [0.717, 1.165) is 0 Å². The van der Waals surface area contributed by atoms with Crippen molar-refractivity contribution in [3.05, 3.63) is 33.8 Å². The first-order chi connectivity index (χ1) is 8.63. The normalized spacial score (nSPS) is 19.9. The van der Waals surface area contributed by atoms with E-state index in [2.05, 4.69) is 0 Å². The molecule has 0 N–H and O–H groups in total. The Morgan fingerprint density at radius 1 is 1.44 bits per heavy atom. The quantitative estimate of drug-likeness (QED) is 0.786. The van der Waals surface area contributed by atoms with Gasteiger partial charge < -0.3 is 9.64 Å². The summed E-state index contributed by atoms with van der Waals surface area (Å²) in [4.78, 5) is 14.1. The van der Waals surface area contributed by atoms with Crippen LogP contribution in [0.2, 0.25) is 10.0 Å². The molecule has 1 atom stereocenters. The van der Waals surface area contributed by atoms with Crippen molar-refractivity contribution in [2.75, 3.05) is 25.6 Å². The van der Waals surface area contributed by atoms with Gasteiger partial charge in [-0.1, -0.05) is 23.2 Å². The van der Waals surface area contributed by atoms with Crippen LogP contribution < -0.4 is 0 Å². The van der Waals surface area contributed by atoms with Gasteiger partial charge in [-0.25, -0.2) is 0 Å². The number of hydrogen-bond donors (Lipinski definition) is 0. The van der Waals surface area contributed by atoms with E-state index in [1.54, 1.807) is 23.1 Å². The highest BCUT2D eigenvalue weighted by Gasteiger charge is 2.28. The Bertz CT molecular complexity index is 453. The van der Waals surface area contributed by atoms with E-state index in [9.17, 15) is 4.79 Å². The predicted molar refractivity (Wildman–Crippen MR) is 72.8 cm³/mol. The van der Waals surface area contributed by atoms with Gasteiger partial charge in [-0.15, -0.1) is 11.6 Å². The summed E-state index contributed by atoms with van der Waals surface area (Å²) in [5.74, 6) is 0.211. The lowest BCUT2D eigenvalue weighted by atomic mass is 10.1. The number of carbonyl (C=O) groups is 1. The Labute approximate surface area is 121 Å². The molecule has 0 bridgehead atoms. The number of morpholine rings is 1. The highest BCUT2D eigenvalue weighted by Crippen LogP contribution is 2.23. The molecule has 2 rings (SSSR count). The number of benzene rings is 1. The third-order valence-corrected chi connectivity index (χ3v) is 3.73. The van der Waals surface area contributed by atoms with Crippen molar-refractivity contribution in [3.8, 4) is 0 Å². The Kier molecular flexibility index (Phi) is 4.73. The number of halogens is 3. The van der Waals surface area contributed by atoms with E-state index in [1.807, 2.05) is 0 Å². The average Bonchev–Trinajstić information content (AvgIpc) is 2.38. The van der Waals surface area contributed by atoms with Crippen molar-refractivity contribution in [2.45, 2.75) is 6.04 Å². The van der Waals surface area contributed by atoms with Gasteiger partial charge >= 0.3 is 0 Å². The van der Waals surface area contributed by atoms with Crippen molar-refractivity contribution < 1.29 is 9.53 Å². The smallest absolute Gasteiger partial charge is 0.255 e. The Hall–Kier alpha value is -0.480. The molecule has 98 valence electrons. The van der Waals surface area contributed by atoms with E-state index in [0.29, 0.717) is 41.2 Å². The first-order valence-electron chi connectivity index (χ1n) is 5.53. The van der Waals surface area contributed by atoms with E-state index >= 15 is 0 Å².